The maximum Gasteiger partial charge on any atom is 0.254 e. The zero-order valence-corrected chi connectivity index (χ0v) is 12.9. The van der Waals surface area contributed by atoms with Crippen LogP contribution in [0.4, 0.5) is 0 Å². The predicted molar refractivity (Wildman–Crippen MR) is 87.3 cm³/mol. The van der Waals surface area contributed by atoms with E-state index in [1.54, 1.807) is 0 Å². The summed E-state index contributed by atoms with van der Waals surface area (Å²) in [5.41, 5.74) is 7.17. The zero-order valence-electron chi connectivity index (χ0n) is 12.1. The Balaban J connectivity index is 2.23. The number of hydrogen-bond acceptors (Lipinski definition) is 3. The number of hydrogen-bond donors (Lipinski definition) is 2. The monoisotopic (exact) mass is 306 g/mol. The summed E-state index contributed by atoms with van der Waals surface area (Å²) < 4.78 is 0. The zero-order chi connectivity index (χ0) is 15.2. The maximum atomic E-state index is 12.8. The first-order valence-corrected chi connectivity index (χ1v) is 7.82. The van der Waals surface area contributed by atoms with Crippen molar-refractivity contribution < 1.29 is 9.90 Å². The van der Waals surface area contributed by atoms with Gasteiger partial charge in [-0.25, -0.2) is 0 Å². The Morgan fingerprint density at radius 3 is 2.86 bits per heavy atom. The summed E-state index contributed by atoms with van der Waals surface area (Å²) in [5.74, 6) is 0.0278. The smallest absolute Gasteiger partial charge is 0.254 e. The van der Waals surface area contributed by atoms with Crippen molar-refractivity contribution in [3.8, 4) is 0 Å². The third-order valence-electron chi connectivity index (χ3n) is 3.96. The molecule has 1 aromatic carbocycles. The summed E-state index contributed by atoms with van der Waals surface area (Å²) >= 11 is 4.96. The number of benzene rings is 1. The van der Waals surface area contributed by atoms with Crippen LogP contribution < -0.4 is 5.73 Å². The number of carbonyl (C=O) groups is 1. The average Bonchev–Trinajstić information content (AvgIpc) is 2.47. The Bertz CT molecular complexity index is 517. The number of nitrogens with two attached hydrogens (primary N) is 1. The van der Waals surface area contributed by atoms with Crippen molar-refractivity contribution in [1.29, 1.82) is 0 Å². The number of aliphatic hydroxyl groups excluding tert-OH is 1. The minimum absolute atomic E-state index is 0.0278. The van der Waals surface area contributed by atoms with Crippen molar-refractivity contribution in [2.45, 2.75) is 38.1 Å². The largest absolute Gasteiger partial charge is 0.396 e. The van der Waals surface area contributed by atoms with Gasteiger partial charge in [-0.05, 0) is 37.3 Å². The summed E-state index contributed by atoms with van der Waals surface area (Å²) in [6, 6.07) is 7.62. The van der Waals surface area contributed by atoms with E-state index in [-0.39, 0.29) is 18.6 Å². The number of likely N-dealkylation sites (tertiary alicyclic amines) is 1. The number of thiocarbonyl (C=S) groups is 1. The van der Waals surface area contributed by atoms with E-state index >= 15 is 0 Å². The van der Waals surface area contributed by atoms with Crippen LogP contribution in [0.3, 0.4) is 0 Å². The molecule has 114 valence electrons. The first-order valence-electron chi connectivity index (χ1n) is 7.41. The first-order chi connectivity index (χ1) is 10.1. The summed E-state index contributed by atoms with van der Waals surface area (Å²) in [6.07, 6.45) is 4.18. The highest BCUT2D eigenvalue weighted by atomic mass is 32.1. The molecule has 21 heavy (non-hydrogen) atoms. The Morgan fingerprint density at radius 1 is 1.38 bits per heavy atom. The number of aliphatic hydroxyl groups is 1. The Labute approximate surface area is 130 Å². The molecular weight excluding hydrogens is 284 g/mol. The molecule has 1 unspecified atom stereocenters. The lowest BCUT2D eigenvalue weighted by atomic mass is 9.96. The van der Waals surface area contributed by atoms with Gasteiger partial charge >= 0.3 is 0 Å². The highest BCUT2D eigenvalue weighted by Gasteiger charge is 2.28. The molecule has 0 bridgehead atoms. The van der Waals surface area contributed by atoms with Gasteiger partial charge in [-0.1, -0.05) is 30.4 Å². The van der Waals surface area contributed by atoms with Crippen molar-refractivity contribution in [3.63, 3.8) is 0 Å². The van der Waals surface area contributed by atoms with Crippen molar-refractivity contribution in [2.75, 3.05) is 13.2 Å². The Kier molecular flexibility index (Phi) is 5.70. The molecule has 1 aliphatic rings. The van der Waals surface area contributed by atoms with Gasteiger partial charge in [0.05, 0.1) is 4.99 Å². The molecular formula is C16H22N2O2S. The minimum atomic E-state index is 0.0278. The lowest BCUT2D eigenvalue weighted by Crippen LogP contribution is -2.44. The standard InChI is InChI=1S/C16H22N2O2S/c17-15(21)11-12-5-1-2-7-14(12)16(20)18-9-4-3-6-13(18)8-10-19/h1-2,5,7,13,19H,3-4,6,8-11H2,(H2,17,21). The van der Waals surface area contributed by atoms with E-state index in [1.807, 2.05) is 29.2 Å². The molecule has 0 saturated carbocycles. The molecule has 1 atom stereocenters. The second kappa shape index (κ2) is 7.52. The Hall–Kier alpha value is -1.46. The third kappa shape index (κ3) is 4.02. The van der Waals surface area contributed by atoms with E-state index in [0.29, 0.717) is 23.4 Å². The Morgan fingerprint density at radius 2 is 2.14 bits per heavy atom. The quantitative estimate of drug-likeness (QED) is 0.815. The van der Waals surface area contributed by atoms with Gasteiger partial charge in [0.1, 0.15) is 0 Å². The third-order valence-corrected chi connectivity index (χ3v) is 4.11. The van der Waals surface area contributed by atoms with Crippen LogP contribution >= 0.6 is 12.2 Å². The average molecular weight is 306 g/mol. The van der Waals surface area contributed by atoms with Crippen LogP contribution in [0.5, 0.6) is 0 Å². The molecule has 1 saturated heterocycles. The van der Waals surface area contributed by atoms with Crippen molar-refractivity contribution in [3.05, 3.63) is 35.4 Å². The van der Waals surface area contributed by atoms with Crippen LogP contribution in [0.25, 0.3) is 0 Å². The molecule has 1 aromatic rings. The van der Waals surface area contributed by atoms with E-state index in [4.69, 9.17) is 18.0 Å². The van der Waals surface area contributed by atoms with Gasteiger partial charge in [0.2, 0.25) is 0 Å². The molecule has 5 heteroatoms. The first kappa shape index (κ1) is 15.9. The van der Waals surface area contributed by atoms with E-state index in [1.165, 1.54) is 0 Å². The van der Waals surface area contributed by atoms with Crippen molar-refractivity contribution >= 4 is 23.1 Å². The van der Waals surface area contributed by atoms with Crippen LogP contribution in [0.15, 0.2) is 24.3 Å². The summed E-state index contributed by atoms with van der Waals surface area (Å²) in [4.78, 5) is 15.1. The van der Waals surface area contributed by atoms with Crippen LogP contribution in [0, 0.1) is 0 Å². The fourth-order valence-electron chi connectivity index (χ4n) is 2.94. The number of nitrogens with zero attached hydrogens (tertiary/aromatic N) is 1. The van der Waals surface area contributed by atoms with Gasteiger partial charge < -0.3 is 15.7 Å². The molecule has 2 rings (SSSR count). The lowest BCUT2D eigenvalue weighted by Gasteiger charge is -2.36. The topological polar surface area (TPSA) is 66.6 Å². The summed E-state index contributed by atoms with van der Waals surface area (Å²) in [5, 5.41) is 9.19. The number of piperidine rings is 1. The number of rotatable bonds is 5. The molecule has 1 amide bonds. The van der Waals surface area contributed by atoms with E-state index in [0.717, 1.165) is 31.4 Å². The van der Waals surface area contributed by atoms with Gasteiger partial charge in [0, 0.05) is 31.2 Å². The molecule has 0 aliphatic carbocycles. The maximum absolute atomic E-state index is 12.8. The second-order valence-electron chi connectivity index (χ2n) is 5.46. The highest BCUT2D eigenvalue weighted by Crippen LogP contribution is 2.23. The minimum Gasteiger partial charge on any atom is -0.396 e. The van der Waals surface area contributed by atoms with Crippen LogP contribution in [0.1, 0.15) is 41.6 Å². The lowest BCUT2D eigenvalue weighted by molar-refractivity contribution is 0.0574. The molecule has 0 aromatic heterocycles. The van der Waals surface area contributed by atoms with Gasteiger partial charge in [-0.3, -0.25) is 4.79 Å². The van der Waals surface area contributed by atoms with Gasteiger partial charge in [-0.2, -0.15) is 0 Å². The predicted octanol–water partition coefficient (Wildman–Crippen LogP) is 1.89. The van der Waals surface area contributed by atoms with E-state index in [9.17, 15) is 9.90 Å². The van der Waals surface area contributed by atoms with Crippen molar-refractivity contribution in [1.82, 2.24) is 4.90 Å². The molecule has 4 nitrogen and oxygen atoms in total. The van der Waals surface area contributed by atoms with E-state index in [2.05, 4.69) is 0 Å². The number of amides is 1. The molecule has 0 radical (unpaired) electrons. The second-order valence-corrected chi connectivity index (χ2v) is 5.99. The number of carbonyl (C=O) groups excluding carboxylic acids is 1. The van der Waals surface area contributed by atoms with Crippen LogP contribution in [-0.4, -0.2) is 40.1 Å². The molecule has 1 fully saturated rings. The van der Waals surface area contributed by atoms with E-state index < -0.39 is 0 Å². The normalized spacial score (nSPS) is 18.5. The molecule has 1 aliphatic heterocycles. The molecule has 0 spiro atoms. The summed E-state index contributed by atoms with van der Waals surface area (Å²) in [6.45, 7) is 0.869. The van der Waals surface area contributed by atoms with Crippen molar-refractivity contribution in [2.24, 2.45) is 5.73 Å². The SMILES string of the molecule is NC(=S)Cc1ccccc1C(=O)N1CCCCC1CCO. The van der Waals surface area contributed by atoms with Gasteiger partial charge in [0.25, 0.3) is 5.91 Å². The van der Waals surface area contributed by atoms with Crippen LogP contribution in [-0.2, 0) is 6.42 Å². The summed E-state index contributed by atoms with van der Waals surface area (Å²) in [7, 11) is 0. The fourth-order valence-corrected chi connectivity index (χ4v) is 3.10. The molecule has 3 N–H and O–H groups in total. The molecule has 1 heterocycles. The van der Waals surface area contributed by atoms with Crippen LogP contribution in [0.2, 0.25) is 0 Å². The van der Waals surface area contributed by atoms with Gasteiger partial charge in [0.15, 0.2) is 0 Å². The fraction of sp³-hybridized carbons (Fsp3) is 0.500. The van der Waals surface area contributed by atoms with Gasteiger partial charge in [-0.15, -0.1) is 0 Å². The highest BCUT2D eigenvalue weighted by molar-refractivity contribution is 7.80.